The van der Waals surface area contributed by atoms with Crippen molar-refractivity contribution in [2.45, 2.75) is 6.10 Å². The minimum absolute atomic E-state index is 0.0802. The third-order valence-electron chi connectivity index (χ3n) is 1.98. The summed E-state index contributed by atoms with van der Waals surface area (Å²) < 4.78 is 13.0. The van der Waals surface area contributed by atoms with E-state index in [4.69, 9.17) is 22.4 Å². The predicted molar refractivity (Wildman–Crippen MR) is 58.9 cm³/mol. The fraction of sp³-hybridized carbons (Fsp3) is 0.200. The van der Waals surface area contributed by atoms with Crippen LogP contribution in [0.2, 0.25) is 5.02 Å². The monoisotopic (exact) mass is 260 g/mol. The third-order valence-corrected chi connectivity index (χ3v) is 2.36. The number of hydrogen-bond acceptors (Lipinski definition) is 3. The fourth-order valence-corrected chi connectivity index (χ4v) is 1.28. The van der Waals surface area contributed by atoms with Crippen LogP contribution in [0.1, 0.15) is 10.4 Å². The van der Waals surface area contributed by atoms with Crippen molar-refractivity contribution in [2.75, 3.05) is 6.54 Å². The predicted octanol–water partition coefficient (Wildman–Crippen LogP) is 0.0551. The molecule has 1 unspecified atom stereocenters. The van der Waals surface area contributed by atoms with E-state index >= 15 is 0 Å². The Bertz CT molecular complexity index is 453. The van der Waals surface area contributed by atoms with Gasteiger partial charge in [0.05, 0.1) is 17.1 Å². The standard InChI is InChI=1S/C10H10ClFN2O3/c11-8-5(2-1-3-6(8)12)10(17)14-4-7(15)9(13)16/h1-3,7,15H,4H2,(H2,13,16)(H,14,17). The van der Waals surface area contributed by atoms with E-state index in [0.29, 0.717) is 0 Å². The average Bonchev–Trinajstić information content (AvgIpc) is 2.29. The quantitative estimate of drug-likeness (QED) is 0.714. The smallest absolute Gasteiger partial charge is 0.253 e. The van der Waals surface area contributed by atoms with Crippen LogP contribution in [0.3, 0.4) is 0 Å². The van der Waals surface area contributed by atoms with Gasteiger partial charge in [-0.05, 0) is 12.1 Å². The Kier molecular flexibility index (Phi) is 4.42. The Morgan fingerprint density at radius 2 is 2.18 bits per heavy atom. The highest BCUT2D eigenvalue weighted by molar-refractivity contribution is 6.34. The number of carbonyl (C=O) groups excluding carboxylic acids is 2. The van der Waals surface area contributed by atoms with Gasteiger partial charge in [0.25, 0.3) is 5.91 Å². The Morgan fingerprint density at radius 3 is 2.76 bits per heavy atom. The van der Waals surface area contributed by atoms with Crippen LogP contribution in [-0.4, -0.2) is 29.6 Å². The summed E-state index contributed by atoms with van der Waals surface area (Å²) in [4.78, 5) is 22.0. The van der Waals surface area contributed by atoms with E-state index in [-0.39, 0.29) is 17.1 Å². The molecule has 1 atom stereocenters. The zero-order valence-corrected chi connectivity index (χ0v) is 9.37. The maximum absolute atomic E-state index is 13.0. The van der Waals surface area contributed by atoms with Gasteiger partial charge in [-0.2, -0.15) is 0 Å². The summed E-state index contributed by atoms with van der Waals surface area (Å²) in [5.41, 5.74) is 4.71. The van der Waals surface area contributed by atoms with Gasteiger partial charge in [-0.25, -0.2) is 4.39 Å². The Balaban J connectivity index is 2.71. The van der Waals surface area contributed by atoms with Gasteiger partial charge in [0.15, 0.2) is 0 Å². The summed E-state index contributed by atoms with van der Waals surface area (Å²) in [7, 11) is 0. The summed E-state index contributed by atoms with van der Waals surface area (Å²) in [6, 6.07) is 3.75. The summed E-state index contributed by atoms with van der Waals surface area (Å²) in [6.07, 6.45) is -1.49. The summed E-state index contributed by atoms with van der Waals surface area (Å²) in [5.74, 6) is -2.39. The number of benzene rings is 1. The molecule has 0 saturated heterocycles. The Morgan fingerprint density at radius 1 is 1.53 bits per heavy atom. The number of aliphatic hydroxyl groups is 1. The molecule has 0 radical (unpaired) electrons. The lowest BCUT2D eigenvalue weighted by Crippen LogP contribution is -2.40. The first-order chi connectivity index (χ1) is 7.93. The zero-order valence-electron chi connectivity index (χ0n) is 8.61. The van der Waals surface area contributed by atoms with Crippen LogP contribution in [0.4, 0.5) is 4.39 Å². The molecule has 7 heteroatoms. The van der Waals surface area contributed by atoms with Gasteiger partial charge < -0.3 is 16.2 Å². The minimum atomic E-state index is -1.49. The number of nitrogens with two attached hydrogens (primary N) is 1. The molecule has 0 fully saturated rings. The van der Waals surface area contributed by atoms with E-state index in [1.165, 1.54) is 12.1 Å². The first-order valence-electron chi connectivity index (χ1n) is 4.63. The van der Waals surface area contributed by atoms with Crippen LogP contribution in [0.5, 0.6) is 0 Å². The number of carbonyl (C=O) groups is 2. The molecule has 0 aliphatic carbocycles. The summed E-state index contributed by atoms with van der Waals surface area (Å²) >= 11 is 5.58. The highest BCUT2D eigenvalue weighted by Crippen LogP contribution is 2.19. The van der Waals surface area contributed by atoms with Crippen molar-refractivity contribution in [1.29, 1.82) is 0 Å². The number of amides is 2. The molecule has 0 aromatic heterocycles. The molecular formula is C10H10ClFN2O3. The molecule has 0 spiro atoms. The number of hydrogen-bond donors (Lipinski definition) is 3. The van der Waals surface area contributed by atoms with E-state index < -0.39 is 23.7 Å². The molecule has 0 aliphatic rings. The first kappa shape index (κ1) is 13.4. The van der Waals surface area contributed by atoms with Crippen LogP contribution < -0.4 is 11.1 Å². The van der Waals surface area contributed by atoms with Gasteiger partial charge in [-0.15, -0.1) is 0 Å². The summed E-state index contributed by atoms with van der Waals surface area (Å²) in [6.45, 7) is -0.360. The van der Waals surface area contributed by atoms with Gasteiger partial charge in [0, 0.05) is 0 Å². The number of rotatable bonds is 4. The topological polar surface area (TPSA) is 92.4 Å². The molecule has 5 nitrogen and oxygen atoms in total. The third kappa shape index (κ3) is 3.40. The van der Waals surface area contributed by atoms with Crippen molar-refractivity contribution in [2.24, 2.45) is 5.73 Å². The summed E-state index contributed by atoms with van der Waals surface area (Å²) in [5, 5.41) is 10.9. The molecule has 2 amide bonds. The number of aliphatic hydroxyl groups excluding tert-OH is 1. The normalized spacial score (nSPS) is 11.9. The van der Waals surface area contributed by atoms with E-state index in [1.807, 2.05) is 0 Å². The van der Waals surface area contributed by atoms with E-state index in [2.05, 4.69) is 5.32 Å². The van der Waals surface area contributed by atoms with E-state index in [9.17, 15) is 14.0 Å². The number of nitrogens with one attached hydrogen (secondary N) is 1. The van der Waals surface area contributed by atoms with Crippen LogP contribution in [0.15, 0.2) is 18.2 Å². The molecule has 0 aliphatic heterocycles. The average molecular weight is 261 g/mol. The van der Waals surface area contributed by atoms with Crippen LogP contribution in [-0.2, 0) is 4.79 Å². The highest BCUT2D eigenvalue weighted by atomic mass is 35.5. The van der Waals surface area contributed by atoms with E-state index in [0.717, 1.165) is 6.07 Å². The Labute approximate surface area is 101 Å². The molecule has 1 aromatic rings. The van der Waals surface area contributed by atoms with Crippen molar-refractivity contribution < 1.29 is 19.1 Å². The SMILES string of the molecule is NC(=O)C(O)CNC(=O)c1cccc(F)c1Cl. The highest BCUT2D eigenvalue weighted by Gasteiger charge is 2.16. The van der Waals surface area contributed by atoms with Crippen molar-refractivity contribution in [1.82, 2.24) is 5.32 Å². The van der Waals surface area contributed by atoms with Crippen molar-refractivity contribution in [3.63, 3.8) is 0 Å². The molecule has 4 N–H and O–H groups in total. The van der Waals surface area contributed by atoms with Gasteiger partial charge in [0.1, 0.15) is 11.9 Å². The molecule has 1 rings (SSSR count). The molecular weight excluding hydrogens is 251 g/mol. The van der Waals surface area contributed by atoms with Gasteiger partial charge in [-0.1, -0.05) is 17.7 Å². The van der Waals surface area contributed by atoms with Gasteiger partial charge >= 0.3 is 0 Å². The molecule has 17 heavy (non-hydrogen) atoms. The molecule has 0 bridgehead atoms. The van der Waals surface area contributed by atoms with Crippen LogP contribution in [0, 0.1) is 5.82 Å². The minimum Gasteiger partial charge on any atom is -0.381 e. The zero-order chi connectivity index (χ0) is 13.0. The lowest BCUT2D eigenvalue weighted by molar-refractivity contribution is -0.125. The van der Waals surface area contributed by atoms with Crippen molar-refractivity contribution in [3.8, 4) is 0 Å². The van der Waals surface area contributed by atoms with Crippen LogP contribution >= 0.6 is 11.6 Å². The van der Waals surface area contributed by atoms with Crippen molar-refractivity contribution >= 4 is 23.4 Å². The molecule has 0 heterocycles. The van der Waals surface area contributed by atoms with E-state index in [1.54, 1.807) is 0 Å². The van der Waals surface area contributed by atoms with Gasteiger partial charge in [0.2, 0.25) is 5.91 Å². The lowest BCUT2D eigenvalue weighted by Gasteiger charge is -2.09. The van der Waals surface area contributed by atoms with Gasteiger partial charge in [-0.3, -0.25) is 9.59 Å². The second-order valence-corrected chi connectivity index (χ2v) is 3.61. The lowest BCUT2D eigenvalue weighted by atomic mass is 10.2. The fourth-order valence-electron chi connectivity index (χ4n) is 1.06. The second kappa shape index (κ2) is 5.60. The Hall–Kier alpha value is -1.66. The second-order valence-electron chi connectivity index (χ2n) is 3.23. The first-order valence-corrected chi connectivity index (χ1v) is 5.01. The van der Waals surface area contributed by atoms with Crippen LogP contribution in [0.25, 0.3) is 0 Å². The maximum Gasteiger partial charge on any atom is 0.253 e. The maximum atomic E-state index is 13.0. The molecule has 1 aromatic carbocycles. The molecule has 92 valence electrons. The van der Waals surface area contributed by atoms with Crippen molar-refractivity contribution in [3.05, 3.63) is 34.6 Å². The number of halogens is 2. The molecule has 0 saturated carbocycles. The largest absolute Gasteiger partial charge is 0.381 e. The number of primary amides is 1.